The van der Waals surface area contributed by atoms with Crippen LogP contribution >= 0.6 is 0 Å². The number of benzene rings is 2. The first-order valence-corrected chi connectivity index (χ1v) is 12.9. The third-order valence-electron chi connectivity index (χ3n) is 7.58. The van der Waals surface area contributed by atoms with E-state index in [0.717, 1.165) is 24.5 Å². The number of likely N-dealkylation sites (tertiary alicyclic amines) is 2. The van der Waals surface area contributed by atoms with Crippen LogP contribution < -0.4 is 9.47 Å². The molecule has 0 amide bonds. The van der Waals surface area contributed by atoms with Crippen LogP contribution in [-0.4, -0.2) is 48.7 Å². The topological polar surface area (TPSA) is 24.9 Å². The Kier molecular flexibility index (Phi) is 7.98. The standard InChI is InChI=1S/C29H42N2O2/c1-6-33-28-14-8-7-11-24(28)27-13-10-18-31(27)22(4)19-23-15-16-25(29(20-23)32-5)26-12-9-17-30(26)21(2)3/h7-8,11,14-16,20-22,26-27H,6,9-10,12-13,17-19H2,1-5H3/t22?,26-,27-/m0/s1. The van der Waals surface area contributed by atoms with E-state index < -0.39 is 0 Å². The van der Waals surface area contributed by atoms with Crippen molar-refractivity contribution in [1.82, 2.24) is 9.80 Å². The SMILES string of the molecule is CCOc1ccccc1[C@@H]1CCCN1C(C)Cc1ccc([C@@H]2CCCN2C(C)C)c(OC)c1. The quantitative estimate of drug-likeness (QED) is 0.441. The number of ether oxygens (including phenoxy) is 2. The molecule has 0 radical (unpaired) electrons. The molecule has 2 aliphatic heterocycles. The van der Waals surface area contributed by atoms with Crippen LogP contribution in [0, 0.1) is 0 Å². The third-order valence-corrected chi connectivity index (χ3v) is 7.58. The third kappa shape index (κ3) is 5.22. The molecule has 2 aliphatic rings. The maximum atomic E-state index is 5.97. The Morgan fingerprint density at radius 1 is 0.879 bits per heavy atom. The summed E-state index contributed by atoms with van der Waals surface area (Å²) in [6.07, 6.45) is 5.96. The van der Waals surface area contributed by atoms with Crippen LogP contribution in [0.1, 0.15) is 82.2 Å². The number of para-hydroxylation sites is 1. The van der Waals surface area contributed by atoms with E-state index in [-0.39, 0.29) is 0 Å². The molecule has 4 nitrogen and oxygen atoms in total. The van der Waals surface area contributed by atoms with Gasteiger partial charge in [-0.1, -0.05) is 30.3 Å². The van der Waals surface area contributed by atoms with Gasteiger partial charge in [-0.25, -0.2) is 0 Å². The highest BCUT2D eigenvalue weighted by Crippen LogP contribution is 2.40. The Morgan fingerprint density at radius 3 is 2.24 bits per heavy atom. The molecular weight excluding hydrogens is 408 g/mol. The van der Waals surface area contributed by atoms with Crippen LogP contribution in [0.2, 0.25) is 0 Å². The number of rotatable bonds is 9. The van der Waals surface area contributed by atoms with Gasteiger partial charge in [-0.2, -0.15) is 0 Å². The van der Waals surface area contributed by atoms with Gasteiger partial charge in [0.15, 0.2) is 0 Å². The molecule has 4 rings (SSSR count). The van der Waals surface area contributed by atoms with Gasteiger partial charge in [-0.15, -0.1) is 0 Å². The van der Waals surface area contributed by atoms with Gasteiger partial charge in [0.1, 0.15) is 11.5 Å². The second-order valence-electron chi connectivity index (χ2n) is 9.99. The number of nitrogens with zero attached hydrogens (tertiary/aromatic N) is 2. The van der Waals surface area contributed by atoms with E-state index >= 15 is 0 Å². The molecule has 1 unspecified atom stereocenters. The van der Waals surface area contributed by atoms with Crippen LogP contribution in [-0.2, 0) is 6.42 Å². The van der Waals surface area contributed by atoms with Crippen LogP contribution in [0.5, 0.6) is 11.5 Å². The van der Waals surface area contributed by atoms with E-state index in [1.807, 2.05) is 7.11 Å². The molecule has 3 atom stereocenters. The average molecular weight is 451 g/mol. The average Bonchev–Trinajstić information content (AvgIpc) is 3.50. The molecule has 2 aromatic rings. The van der Waals surface area contributed by atoms with Crippen molar-refractivity contribution in [3.8, 4) is 11.5 Å². The second kappa shape index (κ2) is 10.9. The lowest BCUT2D eigenvalue weighted by atomic mass is 9.97. The van der Waals surface area contributed by atoms with Crippen molar-refractivity contribution in [1.29, 1.82) is 0 Å². The number of hydrogen-bond acceptors (Lipinski definition) is 4. The maximum Gasteiger partial charge on any atom is 0.124 e. The van der Waals surface area contributed by atoms with Crippen molar-refractivity contribution >= 4 is 0 Å². The molecule has 0 aliphatic carbocycles. The normalized spacial score (nSPS) is 22.7. The van der Waals surface area contributed by atoms with Gasteiger partial charge in [0.2, 0.25) is 0 Å². The van der Waals surface area contributed by atoms with E-state index in [1.54, 1.807) is 0 Å². The molecule has 4 heteroatoms. The smallest absolute Gasteiger partial charge is 0.124 e. The van der Waals surface area contributed by atoms with Gasteiger partial charge in [-0.05, 0) is 90.6 Å². The minimum atomic E-state index is 0.432. The monoisotopic (exact) mass is 450 g/mol. The van der Waals surface area contributed by atoms with Crippen molar-refractivity contribution in [2.24, 2.45) is 0 Å². The minimum absolute atomic E-state index is 0.432. The predicted molar refractivity (Wildman–Crippen MR) is 136 cm³/mol. The zero-order valence-corrected chi connectivity index (χ0v) is 21.2. The first kappa shape index (κ1) is 24.1. The Labute approximate surface area is 200 Å². The van der Waals surface area contributed by atoms with Gasteiger partial charge in [0, 0.05) is 35.3 Å². The number of hydrogen-bond donors (Lipinski definition) is 0. The molecular formula is C29H42N2O2. The van der Waals surface area contributed by atoms with E-state index in [2.05, 4.69) is 80.0 Å². The lowest BCUT2D eigenvalue weighted by molar-refractivity contribution is 0.187. The fourth-order valence-corrected chi connectivity index (χ4v) is 6.05. The Bertz CT molecular complexity index is 912. The van der Waals surface area contributed by atoms with Crippen molar-refractivity contribution in [2.75, 3.05) is 26.8 Å². The van der Waals surface area contributed by atoms with Gasteiger partial charge < -0.3 is 9.47 Å². The fraction of sp³-hybridized carbons (Fsp3) is 0.586. The highest BCUT2D eigenvalue weighted by Gasteiger charge is 2.32. The fourth-order valence-electron chi connectivity index (χ4n) is 6.05. The first-order valence-electron chi connectivity index (χ1n) is 12.9. The van der Waals surface area contributed by atoms with Crippen molar-refractivity contribution in [3.05, 3.63) is 59.2 Å². The zero-order valence-electron chi connectivity index (χ0n) is 21.2. The van der Waals surface area contributed by atoms with Crippen molar-refractivity contribution in [3.63, 3.8) is 0 Å². The van der Waals surface area contributed by atoms with Gasteiger partial charge in [-0.3, -0.25) is 9.80 Å². The lowest BCUT2D eigenvalue weighted by Gasteiger charge is -2.32. The lowest BCUT2D eigenvalue weighted by Crippen LogP contribution is -2.34. The highest BCUT2D eigenvalue weighted by molar-refractivity contribution is 5.41. The number of methoxy groups -OCH3 is 1. The summed E-state index contributed by atoms with van der Waals surface area (Å²) in [5, 5.41) is 0. The molecule has 180 valence electrons. The summed E-state index contributed by atoms with van der Waals surface area (Å²) in [6.45, 7) is 12.1. The molecule has 2 heterocycles. The summed E-state index contributed by atoms with van der Waals surface area (Å²) in [6, 6.07) is 17.5. The second-order valence-corrected chi connectivity index (χ2v) is 9.99. The molecule has 0 N–H and O–H groups in total. The zero-order chi connectivity index (χ0) is 23.4. The largest absolute Gasteiger partial charge is 0.496 e. The van der Waals surface area contributed by atoms with E-state index in [9.17, 15) is 0 Å². The van der Waals surface area contributed by atoms with Gasteiger partial charge >= 0.3 is 0 Å². The molecule has 33 heavy (non-hydrogen) atoms. The Hall–Kier alpha value is -2.04. The van der Waals surface area contributed by atoms with E-state index in [0.29, 0.717) is 30.8 Å². The Balaban J connectivity index is 1.51. The van der Waals surface area contributed by atoms with E-state index in [1.165, 1.54) is 48.9 Å². The molecule has 0 bridgehead atoms. The molecule has 2 saturated heterocycles. The molecule has 0 spiro atoms. The summed E-state index contributed by atoms with van der Waals surface area (Å²) in [7, 11) is 1.82. The Morgan fingerprint density at radius 2 is 1.55 bits per heavy atom. The predicted octanol–water partition coefficient (Wildman–Crippen LogP) is 6.41. The van der Waals surface area contributed by atoms with Crippen LogP contribution in [0.3, 0.4) is 0 Å². The molecule has 0 saturated carbocycles. The van der Waals surface area contributed by atoms with Crippen molar-refractivity contribution in [2.45, 2.75) is 84.0 Å². The summed E-state index contributed by atoms with van der Waals surface area (Å²) in [5.41, 5.74) is 4.05. The van der Waals surface area contributed by atoms with Gasteiger partial charge in [0.05, 0.1) is 13.7 Å². The molecule has 2 aromatic carbocycles. The first-order chi connectivity index (χ1) is 16.0. The maximum absolute atomic E-state index is 5.97. The van der Waals surface area contributed by atoms with Crippen LogP contribution in [0.4, 0.5) is 0 Å². The van der Waals surface area contributed by atoms with Crippen LogP contribution in [0.15, 0.2) is 42.5 Å². The van der Waals surface area contributed by atoms with Crippen molar-refractivity contribution < 1.29 is 9.47 Å². The summed E-state index contributed by atoms with van der Waals surface area (Å²) in [4.78, 5) is 5.29. The summed E-state index contributed by atoms with van der Waals surface area (Å²) >= 11 is 0. The molecule has 0 aromatic heterocycles. The summed E-state index contributed by atoms with van der Waals surface area (Å²) < 4.78 is 11.9. The minimum Gasteiger partial charge on any atom is -0.496 e. The highest BCUT2D eigenvalue weighted by atomic mass is 16.5. The summed E-state index contributed by atoms with van der Waals surface area (Å²) in [5.74, 6) is 2.10. The van der Waals surface area contributed by atoms with Gasteiger partial charge in [0.25, 0.3) is 0 Å². The molecule has 2 fully saturated rings. The van der Waals surface area contributed by atoms with E-state index in [4.69, 9.17) is 9.47 Å². The van der Waals surface area contributed by atoms with Crippen LogP contribution in [0.25, 0.3) is 0 Å².